The quantitative estimate of drug-likeness (QED) is 0.156. The van der Waals surface area contributed by atoms with Crippen LogP contribution in [0.3, 0.4) is 0 Å². The third-order valence-corrected chi connectivity index (χ3v) is 10.6. The Kier molecular flexibility index (Phi) is 11.7. The summed E-state index contributed by atoms with van der Waals surface area (Å²) in [6.45, 7) is 1.93. The van der Waals surface area contributed by atoms with Crippen molar-refractivity contribution in [2.45, 2.75) is 62.6 Å². The van der Waals surface area contributed by atoms with E-state index in [1.807, 2.05) is 61.5 Å². The molecule has 246 valence electrons. The second kappa shape index (κ2) is 16.1. The molecule has 5 rings (SSSR count). The van der Waals surface area contributed by atoms with Gasteiger partial charge in [-0.15, -0.1) is 0 Å². The van der Waals surface area contributed by atoms with Crippen LogP contribution in [0.1, 0.15) is 43.7 Å². The maximum atomic E-state index is 14.6. The summed E-state index contributed by atoms with van der Waals surface area (Å²) in [6, 6.07) is 31.0. The highest BCUT2D eigenvalue weighted by atomic mass is 79.9. The third-order valence-electron chi connectivity index (χ3n) is 8.28. The monoisotopic (exact) mass is 717 g/mol. The molecule has 1 fully saturated rings. The second-order valence-corrected chi connectivity index (χ2v) is 14.4. The van der Waals surface area contributed by atoms with E-state index >= 15 is 0 Å². The molecule has 1 saturated carbocycles. The lowest BCUT2D eigenvalue weighted by Crippen LogP contribution is -2.54. The largest absolute Gasteiger partial charge is 0.494 e. The van der Waals surface area contributed by atoms with Gasteiger partial charge in [-0.1, -0.05) is 89.4 Å². The number of hydrogen-bond acceptors (Lipinski definition) is 5. The predicted molar refractivity (Wildman–Crippen MR) is 188 cm³/mol. The summed E-state index contributed by atoms with van der Waals surface area (Å²) in [4.78, 5) is 30.3. The highest BCUT2D eigenvalue weighted by Crippen LogP contribution is 2.27. The summed E-state index contributed by atoms with van der Waals surface area (Å²) in [7, 11) is -4.17. The zero-order valence-corrected chi connectivity index (χ0v) is 28.8. The van der Waals surface area contributed by atoms with Crippen LogP contribution in [-0.2, 0) is 32.6 Å². The molecule has 47 heavy (non-hydrogen) atoms. The van der Waals surface area contributed by atoms with Gasteiger partial charge in [-0.05, 0) is 79.4 Å². The molecule has 0 spiro atoms. The van der Waals surface area contributed by atoms with Crippen molar-refractivity contribution in [3.63, 3.8) is 0 Å². The van der Waals surface area contributed by atoms with Gasteiger partial charge >= 0.3 is 0 Å². The molecule has 4 aromatic carbocycles. The highest BCUT2D eigenvalue weighted by Gasteiger charge is 2.35. The number of benzene rings is 4. The van der Waals surface area contributed by atoms with Crippen LogP contribution in [-0.4, -0.2) is 50.4 Å². The molecular weight excluding hydrogens is 678 g/mol. The molecule has 10 heteroatoms. The zero-order valence-electron chi connectivity index (χ0n) is 26.4. The SMILES string of the molecule is CCOc1ccc(N(CC(=O)N(Cc2ccc(Br)cc2)[C@H](Cc2ccccc2)C(=O)NC2CCCC2)S(=O)(=O)c2ccccc2)cc1. The van der Waals surface area contributed by atoms with E-state index in [-0.39, 0.29) is 29.8 Å². The molecule has 1 atom stereocenters. The van der Waals surface area contributed by atoms with Crippen molar-refractivity contribution < 1.29 is 22.7 Å². The van der Waals surface area contributed by atoms with Crippen molar-refractivity contribution in [3.05, 3.63) is 125 Å². The molecule has 0 radical (unpaired) electrons. The van der Waals surface area contributed by atoms with Crippen molar-refractivity contribution in [1.29, 1.82) is 0 Å². The van der Waals surface area contributed by atoms with E-state index in [2.05, 4.69) is 21.2 Å². The summed E-state index contributed by atoms with van der Waals surface area (Å²) >= 11 is 3.48. The lowest BCUT2D eigenvalue weighted by Gasteiger charge is -2.34. The van der Waals surface area contributed by atoms with E-state index in [1.165, 1.54) is 17.0 Å². The van der Waals surface area contributed by atoms with Gasteiger partial charge in [0, 0.05) is 23.5 Å². The van der Waals surface area contributed by atoms with Crippen molar-refractivity contribution >= 4 is 43.5 Å². The minimum atomic E-state index is -4.17. The van der Waals surface area contributed by atoms with Gasteiger partial charge in [-0.2, -0.15) is 0 Å². The van der Waals surface area contributed by atoms with E-state index in [4.69, 9.17) is 4.74 Å². The lowest BCUT2D eigenvalue weighted by molar-refractivity contribution is -0.140. The van der Waals surface area contributed by atoms with Gasteiger partial charge in [0.15, 0.2) is 0 Å². The average Bonchev–Trinajstić information content (AvgIpc) is 3.60. The number of amides is 2. The second-order valence-electron chi connectivity index (χ2n) is 11.6. The number of nitrogens with zero attached hydrogens (tertiary/aromatic N) is 2. The Labute approximate surface area is 285 Å². The topological polar surface area (TPSA) is 96.0 Å². The predicted octanol–water partition coefficient (Wildman–Crippen LogP) is 6.74. The van der Waals surface area contributed by atoms with Crippen LogP contribution in [0.2, 0.25) is 0 Å². The van der Waals surface area contributed by atoms with E-state index in [0.29, 0.717) is 18.0 Å². The van der Waals surface area contributed by atoms with E-state index < -0.39 is 28.5 Å². The first-order valence-corrected chi connectivity index (χ1v) is 18.2. The van der Waals surface area contributed by atoms with Gasteiger partial charge in [0.2, 0.25) is 11.8 Å². The molecule has 0 bridgehead atoms. The van der Waals surface area contributed by atoms with Gasteiger partial charge in [0.25, 0.3) is 10.0 Å². The van der Waals surface area contributed by atoms with E-state index in [0.717, 1.165) is 45.6 Å². The molecule has 8 nitrogen and oxygen atoms in total. The average molecular weight is 719 g/mol. The molecule has 0 aliphatic heterocycles. The van der Waals surface area contributed by atoms with Crippen LogP contribution in [0.4, 0.5) is 5.69 Å². The maximum absolute atomic E-state index is 14.6. The molecule has 1 aliphatic rings. The fourth-order valence-electron chi connectivity index (χ4n) is 5.83. The molecule has 0 unspecified atom stereocenters. The minimum Gasteiger partial charge on any atom is -0.494 e. The number of carbonyl (C=O) groups is 2. The number of sulfonamides is 1. The van der Waals surface area contributed by atoms with Gasteiger partial charge in [-0.25, -0.2) is 8.42 Å². The van der Waals surface area contributed by atoms with Gasteiger partial charge in [0.05, 0.1) is 17.2 Å². The fraction of sp³-hybridized carbons (Fsp3) is 0.297. The van der Waals surface area contributed by atoms with E-state index in [9.17, 15) is 18.0 Å². The Morgan fingerprint density at radius 1 is 0.851 bits per heavy atom. The summed E-state index contributed by atoms with van der Waals surface area (Å²) < 4.78 is 35.9. The van der Waals surface area contributed by atoms with Crippen molar-refractivity contribution in [1.82, 2.24) is 10.2 Å². The molecule has 0 aromatic heterocycles. The van der Waals surface area contributed by atoms with Crippen molar-refractivity contribution in [2.75, 3.05) is 17.5 Å². The first kappa shape index (κ1) is 34.2. The smallest absolute Gasteiger partial charge is 0.264 e. The number of carbonyl (C=O) groups excluding carboxylic acids is 2. The van der Waals surface area contributed by atoms with Crippen LogP contribution < -0.4 is 14.4 Å². The molecule has 1 N–H and O–H groups in total. The summed E-state index contributed by atoms with van der Waals surface area (Å²) in [5.74, 6) is -0.156. The first-order chi connectivity index (χ1) is 22.7. The van der Waals surface area contributed by atoms with Crippen molar-refractivity contribution in [3.8, 4) is 5.75 Å². The highest BCUT2D eigenvalue weighted by molar-refractivity contribution is 9.10. The molecule has 2 amide bonds. The number of ether oxygens (including phenoxy) is 1. The van der Waals surface area contributed by atoms with Crippen LogP contribution in [0.25, 0.3) is 0 Å². The van der Waals surface area contributed by atoms with Crippen LogP contribution in [0.15, 0.2) is 119 Å². The molecule has 0 heterocycles. The molecule has 4 aromatic rings. The number of hydrogen-bond donors (Lipinski definition) is 1. The first-order valence-electron chi connectivity index (χ1n) is 15.9. The lowest BCUT2D eigenvalue weighted by atomic mass is 10.0. The number of nitrogens with one attached hydrogen (secondary N) is 1. The molecular formula is C37H40BrN3O5S. The van der Waals surface area contributed by atoms with Crippen LogP contribution >= 0.6 is 15.9 Å². The minimum absolute atomic E-state index is 0.0456. The third kappa shape index (κ3) is 9.02. The molecule has 0 saturated heterocycles. The standard InChI is InChI=1S/C37H40BrN3O5S/c1-2-46-33-23-21-32(22-24-33)41(47(44,45)34-15-7-4-8-16-34)27-36(42)40(26-29-17-19-30(38)20-18-29)35(25-28-11-5-3-6-12-28)37(43)39-31-13-9-10-14-31/h3-8,11-12,15-24,31,35H,2,9-10,13-14,25-27H2,1H3,(H,39,43)/t35-/m1/s1. The fourth-order valence-corrected chi connectivity index (χ4v) is 7.53. The van der Waals surface area contributed by atoms with E-state index in [1.54, 1.807) is 42.5 Å². The Morgan fingerprint density at radius 3 is 2.09 bits per heavy atom. The Hall–Kier alpha value is -4.15. The summed E-state index contributed by atoms with van der Waals surface area (Å²) in [6.07, 6.45) is 4.15. The zero-order chi connectivity index (χ0) is 33.2. The van der Waals surface area contributed by atoms with Crippen LogP contribution in [0.5, 0.6) is 5.75 Å². The Balaban J connectivity index is 1.55. The normalized spacial score (nSPS) is 13.9. The summed E-state index contributed by atoms with van der Waals surface area (Å²) in [5.41, 5.74) is 2.02. The summed E-state index contributed by atoms with van der Waals surface area (Å²) in [5, 5.41) is 3.20. The van der Waals surface area contributed by atoms with Gasteiger partial charge < -0.3 is 15.0 Å². The Bertz CT molecular complexity index is 1710. The number of rotatable bonds is 14. The van der Waals surface area contributed by atoms with Crippen LogP contribution in [0, 0.1) is 0 Å². The van der Waals surface area contributed by atoms with Gasteiger partial charge in [0.1, 0.15) is 18.3 Å². The Morgan fingerprint density at radius 2 is 1.47 bits per heavy atom. The number of anilines is 1. The number of halogens is 1. The molecule has 1 aliphatic carbocycles. The van der Waals surface area contributed by atoms with Gasteiger partial charge in [-0.3, -0.25) is 13.9 Å². The van der Waals surface area contributed by atoms with Crippen molar-refractivity contribution in [2.24, 2.45) is 0 Å². The maximum Gasteiger partial charge on any atom is 0.264 e.